The zero-order valence-corrected chi connectivity index (χ0v) is 32.8. The molecule has 324 valence electrons. The zero-order valence-electron chi connectivity index (χ0n) is 32.8. The zero-order chi connectivity index (χ0) is 44.3. The summed E-state index contributed by atoms with van der Waals surface area (Å²) < 4.78 is 0. The van der Waals surface area contributed by atoms with Crippen molar-refractivity contribution in [2.24, 2.45) is 11.7 Å². The minimum Gasteiger partial charge on any atom is -0.481 e. The number of likely N-dealkylation sites (tertiary alicyclic amines) is 1. The van der Waals surface area contributed by atoms with Crippen molar-refractivity contribution in [3.05, 3.63) is 0 Å². The number of carbonyl (C=O) groups is 12. The molecule has 11 N–H and O–H groups in total. The van der Waals surface area contributed by atoms with Crippen LogP contribution in [-0.2, 0) is 57.5 Å². The molecule has 0 bridgehead atoms. The normalized spacial score (nSPS) is 16.0. The fourth-order valence-electron chi connectivity index (χ4n) is 5.92. The van der Waals surface area contributed by atoms with Crippen molar-refractivity contribution in [3.8, 4) is 0 Å². The Hall–Kier alpha value is -6.16. The topological polar surface area (TPSA) is 367 Å². The van der Waals surface area contributed by atoms with E-state index in [-0.39, 0.29) is 32.2 Å². The van der Waals surface area contributed by atoms with Gasteiger partial charge in [0.05, 0.1) is 6.04 Å². The largest absolute Gasteiger partial charge is 0.481 e. The van der Waals surface area contributed by atoms with Crippen LogP contribution in [0.5, 0.6) is 0 Å². The summed E-state index contributed by atoms with van der Waals surface area (Å²) in [5.74, 6) is -13.2. The summed E-state index contributed by atoms with van der Waals surface area (Å²) in [6, 6.07) is -8.48. The van der Waals surface area contributed by atoms with Crippen molar-refractivity contribution in [1.29, 1.82) is 0 Å². The maximum absolute atomic E-state index is 14.0. The van der Waals surface area contributed by atoms with Gasteiger partial charge in [-0.25, -0.2) is 0 Å². The molecule has 0 aromatic carbocycles. The van der Waals surface area contributed by atoms with Gasteiger partial charge in [-0.1, -0.05) is 27.2 Å². The number of carbonyl (C=O) groups excluding carboxylic acids is 9. The van der Waals surface area contributed by atoms with Gasteiger partial charge in [-0.2, -0.15) is 0 Å². The molecule has 1 fully saturated rings. The van der Waals surface area contributed by atoms with Gasteiger partial charge in [-0.3, -0.25) is 57.5 Å². The molecule has 0 aliphatic carbocycles. The molecule has 23 heteroatoms. The van der Waals surface area contributed by atoms with Crippen LogP contribution in [0.4, 0.5) is 0 Å². The van der Waals surface area contributed by atoms with Crippen LogP contribution in [0.2, 0.25) is 0 Å². The lowest BCUT2D eigenvalue weighted by atomic mass is 10.0. The molecule has 1 aliphatic rings. The van der Waals surface area contributed by atoms with E-state index >= 15 is 0 Å². The minimum atomic E-state index is -1.60. The number of hydrogen-bond acceptors (Lipinski definition) is 12. The van der Waals surface area contributed by atoms with E-state index in [1.807, 2.05) is 5.32 Å². The van der Waals surface area contributed by atoms with Gasteiger partial charge >= 0.3 is 17.9 Å². The molecular weight excluding hydrogens is 772 g/mol. The van der Waals surface area contributed by atoms with Crippen molar-refractivity contribution < 1.29 is 72.9 Å². The Balaban J connectivity index is 3.31. The average molecular weight is 827 g/mol. The van der Waals surface area contributed by atoms with E-state index in [4.69, 9.17) is 15.9 Å². The van der Waals surface area contributed by atoms with Crippen LogP contribution in [0, 0.1) is 5.92 Å². The molecule has 0 radical (unpaired) electrons. The van der Waals surface area contributed by atoms with Gasteiger partial charge in [-0.05, 0) is 44.4 Å². The van der Waals surface area contributed by atoms with Gasteiger partial charge in [0.2, 0.25) is 47.1 Å². The molecule has 1 aliphatic heterocycles. The fraction of sp³-hybridized carbons (Fsp3) is 0.657. The first kappa shape index (κ1) is 49.9. The van der Waals surface area contributed by atoms with Crippen molar-refractivity contribution in [3.63, 3.8) is 0 Å². The molecule has 0 saturated carbocycles. The Labute approximate surface area is 333 Å². The highest BCUT2D eigenvalue weighted by Crippen LogP contribution is 2.21. The predicted molar refractivity (Wildman–Crippen MR) is 198 cm³/mol. The van der Waals surface area contributed by atoms with Crippen LogP contribution in [0.3, 0.4) is 0 Å². The van der Waals surface area contributed by atoms with E-state index in [9.17, 15) is 62.6 Å². The Morgan fingerprint density at radius 1 is 0.672 bits per heavy atom. The summed E-state index contributed by atoms with van der Waals surface area (Å²) in [5, 5.41) is 41.0. The number of rotatable bonds is 26. The van der Waals surface area contributed by atoms with E-state index in [1.54, 1.807) is 6.92 Å². The van der Waals surface area contributed by atoms with E-state index in [2.05, 4.69) is 26.6 Å². The van der Waals surface area contributed by atoms with Crippen molar-refractivity contribution >= 4 is 70.9 Å². The lowest BCUT2D eigenvalue weighted by Gasteiger charge is -2.31. The second-order valence-electron chi connectivity index (χ2n) is 14.0. The highest BCUT2D eigenvalue weighted by atomic mass is 16.4. The van der Waals surface area contributed by atoms with E-state index in [0.717, 1.165) is 11.8 Å². The predicted octanol–water partition coefficient (Wildman–Crippen LogP) is -3.36. The summed E-state index contributed by atoms with van der Waals surface area (Å²) >= 11 is 0. The quantitative estimate of drug-likeness (QED) is 0.0381. The molecule has 58 heavy (non-hydrogen) atoms. The second kappa shape index (κ2) is 24.5. The van der Waals surface area contributed by atoms with Crippen LogP contribution < -0.4 is 37.6 Å². The van der Waals surface area contributed by atoms with Gasteiger partial charge in [0.25, 0.3) is 5.91 Å². The lowest BCUT2D eigenvalue weighted by Crippen LogP contribution is -2.60. The number of carboxylic acid groups (broad SMARTS) is 3. The van der Waals surface area contributed by atoms with Crippen molar-refractivity contribution in [1.82, 2.24) is 36.8 Å². The molecule has 6 atom stereocenters. The highest BCUT2D eigenvalue weighted by Gasteiger charge is 2.40. The number of nitrogens with zero attached hydrogens (tertiary/aromatic N) is 1. The molecule has 0 aromatic heterocycles. The van der Waals surface area contributed by atoms with Crippen LogP contribution in [0.15, 0.2) is 0 Å². The molecule has 1 saturated heterocycles. The minimum absolute atomic E-state index is 0.00654. The number of Topliss-reactive ketones (excluding diaryl/α,β-unsaturated/α-hetero) is 1. The van der Waals surface area contributed by atoms with Crippen molar-refractivity contribution in [2.45, 2.75) is 128 Å². The maximum atomic E-state index is 14.0. The van der Waals surface area contributed by atoms with Crippen LogP contribution in [0.1, 0.15) is 91.9 Å². The van der Waals surface area contributed by atoms with Crippen LogP contribution in [-0.4, -0.2) is 141 Å². The number of primary amides is 1. The summed E-state index contributed by atoms with van der Waals surface area (Å²) in [6.07, 6.45) is -2.01. The lowest BCUT2D eigenvalue weighted by molar-refractivity contribution is -0.144. The summed E-state index contributed by atoms with van der Waals surface area (Å²) in [5.41, 5.74) is 5.33. The van der Waals surface area contributed by atoms with E-state index in [1.165, 1.54) is 13.8 Å². The average Bonchev–Trinajstić information content (AvgIpc) is 3.63. The third kappa shape index (κ3) is 17.3. The van der Waals surface area contributed by atoms with Crippen molar-refractivity contribution in [2.75, 3.05) is 13.1 Å². The summed E-state index contributed by atoms with van der Waals surface area (Å²) in [7, 11) is 0. The number of ketones is 1. The molecule has 23 nitrogen and oxygen atoms in total. The van der Waals surface area contributed by atoms with Crippen LogP contribution in [0.25, 0.3) is 0 Å². The Morgan fingerprint density at radius 2 is 1.21 bits per heavy atom. The summed E-state index contributed by atoms with van der Waals surface area (Å²) in [4.78, 5) is 151. The van der Waals surface area contributed by atoms with Crippen LogP contribution >= 0.6 is 0 Å². The first-order valence-electron chi connectivity index (χ1n) is 18.6. The van der Waals surface area contributed by atoms with Gasteiger partial charge in [0, 0.05) is 32.7 Å². The molecule has 1 rings (SSSR count). The maximum Gasteiger partial charge on any atom is 0.322 e. The standard InChI is InChI=1S/C35H54N8O15/c1-5-7-19(29(52)34(57)37-16-27(50)51)39-32(55)23-8-6-15-43(23)35(58)22(9-12-24(36)45)41-33(56)28(17(2)3)42-31(54)21(11-14-26(48)49)40-30(53)20(38-18(4)44)10-13-25(46)47/h17,19-23,28H,5-16H2,1-4H3,(H2,36,45)(H,37,57)(H,38,44)(H,39,55)(H,40,53)(H,41,56)(H,42,54)(H,46,47)(H,48,49)(H,50,51). The number of hydrogen-bond donors (Lipinski definition) is 10. The summed E-state index contributed by atoms with van der Waals surface area (Å²) in [6.45, 7) is 4.96. The van der Waals surface area contributed by atoms with E-state index in [0.29, 0.717) is 12.8 Å². The number of amides is 8. The number of carboxylic acids is 3. The molecular formula is C35H54N8O15. The van der Waals surface area contributed by atoms with Gasteiger partial charge < -0.3 is 57.9 Å². The smallest absolute Gasteiger partial charge is 0.322 e. The van der Waals surface area contributed by atoms with Gasteiger partial charge in [-0.15, -0.1) is 0 Å². The van der Waals surface area contributed by atoms with Gasteiger partial charge in [0.15, 0.2) is 0 Å². The highest BCUT2D eigenvalue weighted by molar-refractivity contribution is 6.38. The Bertz CT molecular complexity index is 1590. The van der Waals surface area contributed by atoms with E-state index < -0.39 is 145 Å². The molecule has 8 amide bonds. The number of aliphatic carboxylic acids is 3. The Kier molecular flexibility index (Phi) is 21.0. The molecule has 0 spiro atoms. The fourth-order valence-corrected chi connectivity index (χ4v) is 5.92. The Morgan fingerprint density at radius 3 is 1.71 bits per heavy atom. The molecule has 6 unspecified atom stereocenters. The molecule has 1 heterocycles. The first-order chi connectivity index (χ1) is 27.1. The SMILES string of the molecule is CCCC(NC(=O)C1CCCN1C(=O)C(CCC(N)=O)NC(=O)C(NC(=O)C(CCC(=O)O)NC(=O)C(CCC(=O)O)NC(C)=O)C(C)C)C(=O)C(=O)NCC(=O)O. The molecule has 0 aromatic rings. The third-order valence-corrected chi connectivity index (χ3v) is 8.83. The number of nitrogens with one attached hydrogen (secondary N) is 6. The van der Waals surface area contributed by atoms with Gasteiger partial charge in [0.1, 0.15) is 36.8 Å². The second-order valence-corrected chi connectivity index (χ2v) is 14.0. The third-order valence-electron chi connectivity index (χ3n) is 8.83. The monoisotopic (exact) mass is 826 g/mol. The first-order valence-corrected chi connectivity index (χ1v) is 18.6. The number of nitrogens with two attached hydrogens (primary N) is 1.